The van der Waals surface area contributed by atoms with Gasteiger partial charge in [-0.05, 0) is 48.7 Å². The van der Waals surface area contributed by atoms with E-state index in [-0.39, 0.29) is 6.03 Å². The van der Waals surface area contributed by atoms with Crippen LogP contribution in [-0.2, 0) is 13.5 Å². The van der Waals surface area contributed by atoms with Crippen LogP contribution in [0.25, 0.3) is 11.0 Å². The molecule has 0 aliphatic heterocycles. The maximum Gasteiger partial charge on any atom is 0.319 e. The first-order valence-corrected chi connectivity index (χ1v) is 7.64. The highest BCUT2D eigenvalue weighted by Crippen LogP contribution is 2.18. The van der Waals surface area contributed by atoms with Crippen molar-refractivity contribution >= 4 is 22.8 Å². The first-order chi connectivity index (χ1) is 11.1. The van der Waals surface area contributed by atoms with Crippen LogP contribution < -0.4 is 10.6 Å². The molecule has 2 aromatic heterocycles. The molecule has 0 aliphatic carbocycles. The van der Waals surface area contributed by atoms with Gasteiger partial charge in [-0.2, -0.15) is 0 Å². The molecule has 0 fully saturated rings. The molecular formula is C18H20N4O. The molecule has 0 radical (unpaired) electrons. The number of carbonyl (C=O) groups excluding carboxylic acids is 1. The number of nitrogens with zero attached hydrogens (tertiary/aromatic N) is 2. The number of aryl methyl sites for hydroxylation is 2. The molecule has 5 nitrogen and oxygen atoms in total. The molecule has 2 amide bonds. The lowest BCUT2D eigenvalue weighted by molar-refractivity contribution is 0.252. The van der Waals surface area contributed by atoms with Crippen molar-refractivity contribution < 1.29 is 4.79 Å². The lowest BCUT2D eigenvalue weighted by Gasteiger charge is -2.08. The number of pyridine rings is 1. The molecule has 3 rings (SSSR count). The number of anilines is 1. The molecule has 118 valence electrons. The van der Waals surface area contributed by atoms with E-state index in [0.717, 1.165) is 28.7 Å². The van der Waals surface area contributed by atoms with E-state index in [1.807, 2.05) is 48.9 Å². The predicted octanol–water partition coefficient (Wildman–Crippen LogP) is 3.25. The molecule has 0 spiro atoms. The molecule has 0 atom stereocenters. The first kappa shape index (κ1) is 15.1. The van der Waals surface area contributed by atoms with Crippen LogP contribution in [0.4, 0.5) is 10.5 Å². The van der Waals surface area contributed by atoms with Gasteiger partial charge in [0.2, 0.25) is 0 Å². The molecule has 23 heavy (non-hydrogen) atoms. The molecule has 0 saturated heterocycles. The number of carbonyl (C=O) groups is 1. The highest BCUT2D eigenvalue weighted by molar-refractivity contribution is 5.89. The Bertz CT molecular complexity index is 838. The Morgan fingerprint density at radius 2 is 2.13 bits per heavy atom. The maximum atomic E-state index is 11.9. The van der Waals surface area contributed by atoms with E-state index < -0.39 is 0 Å². The smallest absolute Gasteiger partial charge is 0.319 e. The van der Waals surface area contributed by atoms with Crippen LogP contribution in [-0.4, -0.2) is 22.1 Å². The minimum atomic E-state index is -0.186. The number of hydrogen-bond donors (Lipinski definition) is 2. The summed E-state index contributed by atoms with van der Waals surface area (Å²) in [6.45, 7) is 2.57. The fraction of sp³-hybridized carbons (Fsp3) is 0.222. The van der Waals surface area contributed by atoms with Crippen molar-refractivity contribution in [2.75, 3.05) is 11.9 Å². The average Bonchev–Trinajstić information content (AvgIpc) is 2.84. The number of amides is 2. The summed E-state index contributed by atoms with van der Waals surface area (Å²) in [6.07, 6.45) is 4.63. The van der Waals surface area contributed by atoms with E-state index in [1.54, 1.807) is 6.20 Å². The summed E-state index contributed by atoms with van der Waals surface area (Å²) < 4.78 is 2.01. The number of nitrogens with one attached hydrogen (secondary N) is 2. The number of fused-ring (bicyclic) bond motifs is 1. The predicted molar refractivity (Wildman–Crippen MR) is 92.6 cm³/mol. The fourth-order valence-electron chi connectivity index (χ4n) is 2.70. The van der Waals surface area contributed by atoms with Crippen molar-refractivity contribution in [2.45, 2.75) is 13.3 Å². The molecule has 0 bridgehead atoms. The number of hydrogen-bond acceptors (Lipinski definition) is 2. The van der Waals surface area contributed by atoms with Gasteiger partial charge in [0.1, 0.15) is 5.65 Å². The number of urea groups is 1. The van der Waals surface area contributed by atoms with Crippen molar-refractivity contribution in [3.8, 4) is 0 Å². The van der Waals surface area contributed by atoms with Crippen molar-refractivity contribution in [1.82, 2.24) is 14.9 Å². The lowest BCUT2D eigenvalue weighted by Crippen LogP contribution is -2.30. The summed E-state index contributed by atoms with van der Waals surface area (Å²) in [5.74, 6) is 0. The third kappa shape index (κ3) is 3.51. The van der Waals surface area contributed by atoms with Gasteiger partial charge >= 0.3 is 6.03 Å². The Balaban J connectivity index is 1.57. The minimum absolute atomic E-state index is 0.186. The monoisotopic (exact) mass is 308 g/mol. The van der Waals surface area contributed by atoms with Crippen molar-refractivity contribution in [3.63, 3.8) is 0 Å². The molecule has 2 N–H and O–H groups in total. The van der Waals surface area contributed by atoms with E-state index in [1.165, 1.54) is 5.56 Å². The van der Waals surface area contributed by atoms with Gasteiger partial charge in [0.05, 0.1) is 0 Å². The number of benzene rings is 1. The summed E-state index contributed by atoms with van der Waals surface area (Å²) in [4.78, 5) is 16.3. The molecule has 0 saturated carbocycles. The molecule has 1 aromatic carbocycles. The molecule has 3 aromatic rings. The zero-order valence-electron chi connectivity index (χ0n) is 13.3. The quantitative estimate of drug-likeness (QED) is 0.777. The highest BCUT2D eigenvalue weighted by atomic mass is 16.2. The molecular weight excluding hydrogens is 288 g/mol. The second-order valence-electron chi connectivity index (χ2n) is 5.64. The van der Waals surface area contributed by atoms with Gasteiger partial charge in [0.15, 0.2) is 0 Å². The summed E-state index contributed by atoms with van der Waals surface area (Å²) >= 11 is 0. The van der Waals surface area contributed by atoms with Crippen LogP contribution in [0.1, 0.15) is 11.1 Å². The van der Waals surface area contributed by atoms with Gasteiger partial charge in [-0.15, -0.1) is 0 Å². The Labute approximate surface area is 135 Å². The van der Waals surface area contributed by atoms with Crippen LogP contribution in [0, 0.1) is 6.92 Å². The van der Waals surface area contributed by atoms with Crippen LogP contribution in [0.15, 0.2) is 48.8 Å². The first-order valence-electron chi connectivity index (χ1n) is 7.64. The van der Waals surface area contributed by atoms with E-state index in [9.17, 15) is 4.79 Å². The van der Waals surface area contributed by atoms with Gasteiger partial charge in [-0.1, -0.05) is 12.1 Å². The van der Waals surface area contributed by atoms with Crippen LogP contribution in [0.5, 0.6) is 0 Å². The second kappa shape index (κ2) is 6.52. The minimum Gasteiger partial charge on any atom is -0.338 e. The molecule has 5 heteroatoms. The third-order valence-corrected chi connectivity index (χ3v) is 3.77. The van der Waals surface area contributed by atoms with Crippen LogP contribution >= 0.6 is 0 Å². The van der Waals surface area contributed by atoms with Gasteiger partial charge in [-0.3, -0.25) is 0 Å². The molecule has 2 heterocycles. The largest absolute Gasteiger partial charge is 0.338 e. The Kier molecular flexibility index (Phi) is 4.28. The van der Waals surface area contributed by atoms with Crippen LogP contribution in [0.3, 0.4) is 0 Å². The van der Waals surface area contributed by atoms with Crippen LogP contribution in [0.2, 0.25) is 0 Å². The summed E-state index contributed by atoms with van der Waals surface area (Å²) in [7, 11) is 1.98. The Hall–Kier alpha value is -2.82. The van der Waals surface area contributed by atoms with Gasteiger partial charge in [0, 0.05) is 37.1 Å². The van der Waals surface area contributed by atoms with E-state index in [2.05, 4.69) is 27.9 Å². The highest BCUT2D eigenvalue weighted by Gasteiger charge is 2.07. The Morgan fingerprint density at radius 3 is 2.96 bits per heavy atom. The van der Waals surface area contributed by atoms with Crippen molar-refractivity contribution in [2.24, 2.45) is 7.05 Å². The molecule has 0 aliphatic rings. The van der Waals surface area contributed by atoms with Crippen molar-refractivity contribution in [1.29, 1.82) is 0 Å². The third-order valence-electron chi connectivity index (χ3n) is 3.77. The topological polar surface area (TPSA) is 59.0 Å². The Morgan fingerprint density at radius 1 is 1.26 bits per heavy atom. The average molecular weight is 308 g/mol. The van der Waals surface area contributed by atoms with Gasteiger partial charge in [0.25, 0.3) is 0 Å². The fourth-order valence-corrected chi connectivity index (χ4v) is 2.70. The number of aromatic nitrogens is 2. The van der Waals surface area contributed by atoms with Gasteiger partial charge < -0.3 is 15.2 Å². The standard InChI is InChI=1S/C18H20N4O/c1-13-5-3-6-15(11-13)21-18(23)20-10-8-14-12-22(2)17-16(14)7-4-9-19-17/h3-7,9,11-12H,8,10H2,1-2H3,(H2,20,21,23). The SMILES string of the molecule is Cc1cccc(NC(=O)NCCc2cn(C)c3ncccc23)c1. The van der Waals surface area contributed by atoms with E-state index in [4.69, 9.17) is 0 Å². The van der Waals surface area contributed by atoms with E-state index >= 15 is 0 Å². The maximum absolute atomic E-state index is 11.9. The zero-order chi connectivity index (χ0) is 16.2. The summed E-state index contributed by atoms with van der Waals surface area (Å²) in [5.41, 5.74) is 4.07. The van der Waals surface area contributed by atoms with Gasteiger partial charge in [-0.25, -0.2) is 9.78 Å². The molecule has 0 unspecified atom stereocenters. The summed E-state index contributed by atoms with van der Waals surface area (Å²) in [5, 5.41) is 6.87. The second-order valence-corrected chi connectivity index (χ2v) is 5.64. The lowest BCUT2D eigenvalue weighted by atomic mass is 10.1. The summed E-state index contributed by atoms with van der Waals surface area (Å²) in [6, 6.07) is 11.5. The van der Waals surface area contributed by atoms with E-state index in [0.29, 0.717) is 6.54 Å². The zero-order valence-corrected chi connectivity index (χ0v) is 13.3. The number of rotatable bonds is 4. The van der Waals surface area contributed by atoms with Crippen molar-refractivity contribution in [3.05, 3.63) is 59.9 Å². The normalized spacial score (nSPS) is 10.7.